The van der Waals surface area contributed by atoms with Crippen LogP contribution in [0.2, 0.25) is 0 Å². The van der Waals surface area contributed by atoms with Crippen LogP contribution in [0.4, 0.5) is 0 Å². The molecule has 0 saturated heterocycles. The molecule has 0 aromatic rings. The molecule has 0 rings (SSSR count). The van der Waals surface area contributed by atoms with E-state index in [1.54, 1.807) is 0 Å². The molecular weight excluding hydrogens is 973 g/mol. The van der Waals surface area contributed by atoms with Gasteiger partial charge >= 0.3 is 17.9 Å². The number of allylic oxidation sites excluding steroid dienone is 18. The van der Waals surface area contributed by atoms with Crippen molar-refractivity contribution in [3.05, 3.63) is 109 Å². The summed E-state index contributed by atoms with van der Waals surface area (Å²) in [5.41, 5.74) is 0. The molecule has 0 aromatic carbocycles. The van der Waals surface area contributed by atoms with E-state index in [4.69, 9.17) is 14.2 Å². The van der Waals surface area contributed by atoms with Gasteiger partial charge < -0.3 is 14.2 Å². The van der Waals surface area contributed by atoms with Crippen LogP contribution >= 0.6 is 0 Å². The molecule has 0 saturated carbocycles. The van der Waals surface area contributed by atoms with E-state index in [-0.39, 0.29) is 31.1 Å². The minimum Gasteiger partial charge on any atom is -0.462 e. The van der Waals surface area contributed by atoms with Crippen LogP contribution in [0.25, 0.3) is 0 Å². The first-order valence-electron chi connectivity index (χ1n) is 33.4. The van der Waals surface area contributed by atoms with Crippen molar-refractivity contribution < 1.29 is 28.6 Å². The highest BCUT2D eigenvalue weighted by Crippen LogP contribution is 2.16. The quantitative estimate of drug-likeness (QED) is 0.0261. The summed E-state index contributed by atoms with van der Waals surface area (Å²) in [6.07, 6.45) is 90.9. The van der Waals surface area contributed by atoms with Crippen molar-refractivity contribution in [1.82, 2.24) is 0 Å². The predicted octanol–water partition coefficient (Wildman–Crippen LogP) is 23.0. The first-order valence-corrected chi connectivity index (χ1v) is 33.4. The van der Waals surface area contributed by atoms with Crippen molar-refractivity contribution in [2.45, 2.75) is 322 Å². The Morgan fingerprint density at radius 1 is 0.266 bits per heavy atom. The van der Waals surface area contributed by atoms with E-state index < -0.39 is 6.10 Å². The molecule has 1 atom stereocenters. The Kier molecular flexibility index (Phi) is 63.3. The first kappa shape index (κ1) is 75.1. The Hall–Kier alpha value is -3.93. The van der Waals surface area contributed by atoms with Gasteiger partial charge in [-0.05, 0) is 122 Å². The average Bonchev–Trinajstić information content (AvgIpc) is 3.45. The van der Waals surface area contributed by atoms with Crippen molar-refractivity contribution in [2.24, 2.45) is 0 Å². The van der Waals surface area contributed by atoms with E-state index in [1.807, 2.05) is 0 Å². The van der Waals surface area contributed by atoms with Crippen LogP contribution < -0.4 is 0 Å². The van der Waals surface area contributed by atoms with Gasteiger partial charge in [0.05, 0.1) is 0 Å². The number of hydrogen-bond donors (Lipinski definition) is 0. The maximum atomic E-state index is 12.9. The van der Waals surface area contributed by atoms with Gasteiger partial charge in [0.1, 0.15) is 13.2 Å². The molecule has 0 aromatic heterocycles. The van der Waals surface area contributed by atoms with Crippen molar-refractivity contribution >= 4 is 17.9 Å². The third-order valence-corrected chi connectivity index (χ3v) is 14.2. The molecule has 1 unspecified atom stereocenters. The molecule has 0 aliphatic heterocycles. The number of carbonyl (C=O) groups excluding carboxylic acids is 3. The molecule has 79 heavy (non-hydrogen) atoms. The molecule has 0 heterocycles. The van der Waals surface area contributed by atoms with Gasteiger partial charge in [0.15, 0.2) is 6.10 Å². The SMILES string of the molecule is CC/C=C\C/C=C\C/C=C\C/C=C\CCCCCCCCCCCCCCC(=O)OCC(COC(=O)CCCCCCCCC/C=C\C/C=C\C/C=C\CC)OC(=O)CCCCCCCCCCC/C=C\C/C=C\CCCCC. The van der Waals surface area contributed by atoms with Crippen LogP contribution in [0, 0.1) is 0 Å². The Morgan fingerprint density at radius 2 is 0.494 bits per heavy atom. The minimum absolute atomic E-state index is 0.0836. The van der Waals surface area contributed by atoms with Crippen LogP contribution in [0.3, 0.4) is 0 Å². The maximum Gasteiger partial charge on any atom is 0.306 e. The zero-order valence-electron chi connectivity index (χ0n) is 51.9. The Bertz CT molecular complexity index is 1590. The molecular formula is C73H124O6. The molecule has 6 heteroatoms. The largest absolute Gasteiger partial charge is 0.462 e. The molecule has 6 nitrogen and oxygen atoms in total. The second-order valence-electron chi connectivity index (χ2n) is 22.0. The molecule has 452 valence electrons. The zero-order valence-corrected chi connectivity index (χ0v) is 51.9. The van der Waals surface area contributed by atoms with E-state index >= 15 is 0 Å². The van der Waals surface area contributed by atoms with Gasteiger partial charge in [-0.1, -0.05) is 284 Å². The molecule has 0 aliphatic carbocycles. The van der Waals surface area contributed by atoms with E-state index in [9.17, 15) is 14.4 Å². The highest BCUT2D eigenvalue weighted by atomic mass is 16.6. The van der Waals surface area contributed by atoms with Gasteiger partial charge in [0.25, 0.3) is 0 Å². The van der Waals surface area contributed by atoms with Gasteiger partial charge in [-0.15, -0.1) is 0 Å². The summed E-state index contributed by atoms with van der Waals surface area (Å²) in [4.78, 5) is 38.4. The Labute approximate surface area is 489 Å². The second-order valence-corrected chi connectivity index (χ2v) is 22.0. The van der Waals surface area contributed by atoms with Crippen LogP contribution in [-0.2, 0) is 28.6 Å². The molecule has 0 N–H and O–H groups in total. The lowest BCUT2D eigenvalue weighted by Gasteiger charge is -2.18. The summed E-state index contributed by atoms with van der Waals surface area (Å²) in [5, 5.41) is 0. The fraction of sp³-hybridized carbons (Fsp3) is 0.712. The van der Waals surface area contributed by atoms with E-state index in [0.717, 1.165) is 116 Å². The smallest absolute Gasteiger partial charge is 0.306 e. The summed E-state index contributed by atoms with van der Waals surface area (Å²) in [6.45, 7) is 6.41. The molecule has 0 amide bonds. The van der Waals surface area contributed by atoms with Crippen LogP contribution in [0.1, 0.15) is 316 Å². The summed E-state index contributed by atoms with van der Waals surface area (Å²) in [6, 6.07) is 0. The highest BCUT2D eigenvalue weighted by Gasteiger charge is 2.19. The number of esters is 3. The first-order chi connectivity index (χ1) is 39.0. The number of rotatable bonds is 60. The fourth-order valence-electron chi connectivity index (χ4n) is 9.30. The van der Waals surface area contributed by atoms with Crippen LogP contribution in [0.5, 0.6) is 0 Å². The Balaban J connectivity index is 4.36. The number of carbonyl (C=O) groups is 3. The van der Waals surface area contributed by atoms with E-state index in [2.05, 4.69) is 130 Å². The van der Waals surface area contributed by atoms with Crippen LogP contribution in [0.15, 0.2) is 109 Å². The monoisotopic (exact) mass is 1100 g/mol. The zero-order chi connectivity index (χ0) is 57.1. The summed E-state index contributed by atoms with van der Waals surface area (Å²) >= 11 is 0. The molecule has 0 radical (unpaired) electrons. The number of unbranched alkanes of at least 4 members (excludes halogenated alkanes) is 31. The lowest BCUT2D eigenvalue weighted by atomic mass is 10.0. The van der Waals surface area contributed by atoms with Gasteiger partial charge in [-0.25, -0.2) is 0 Å². The minimum atomic E-state index is -0.788. The second kappa shape index (κ2) is 66.6. The van der Waals surface area contributed by atoms with E-state index in [0.29, 0.717) is 19.3 Å². The third kappa shape index (κ3) is 64.8. The number of ether oxygens (including phenoxy) is 3. The fourth-order valence-corrected chi connectivity index (χ4v) is 9.30. The van der Waals surface area contributed by atoms with Crippen LogP contribution in [-0.4, -0.2) is 37.2 Å². The highest BCUT2D eigenvalue weighted by molar-refractivity contribution is 5.71. The van der Waals surface area contributed by atoms with Crippen molar-refractivity contribution in [1.29, 1.82) is 0 Å². The lowest BCUT2D eigenvalue weighted by Crippen LogP contribution is -2.30. The Morgan fingerprint density at radius 3 is 0.772 bits per heavy atom. The average molecular weight is 1100 g/mol. The maximum absolute atomic E-state index is 12.9. The van der Waals surface area contributed by atoms with Gasteiger partial charge in [-0.2, -0.15) is 0 Å². The molecule has 0 spiro atoms. The van der Waals surface area contributed by atoms with Crippen molar-refractivity contribution in [3.8, 4) is 0 Å². The lowest BCUT2D eigenvalue weighted by molar-refractivity contribution is -0.167. The summed E-state index contributed by atoms with van der Waals surface area (Å²) in [7, 11) is 0. The molecule has 0 aliphatic rings. The van der Waals surface area contributed by atoms with Gasteiger partial charge in [-0.3, -0.25) is 14.4 Å². The van der Waals surface area contributed by atoms with Gasteiger partial charge in [0, 0.05) is 19.3 Å². The molecule has 0 bridgehead atoms. The van der Waals surface area contributed by atoms with Gasteiger partial charge in [0.2, 0.25) is 0 Å². The predicted molar refractivity (Wildman–Crippen MR) is 343 cm³/mol. The third-order valence-electron chi connectivity index (χ3n) is 14.2. The summed E-state index contributed by atoms with van der Waals surface area (Å²) in [5.74, 6) is -0.889. The summed E-state index contributed by atoms with van der Waals surface area (Å²) < 4.78 is 17.0. The van der Waals surface area contributed by atoms with E-state index in [1.165, 1.54) is 161 Å². The standard InChI is InChI=1S/C73H124O6/c1-4-7-10-13-16-19-22-25-28-31-33-34-35-36-37-38-40-42-45-48-51-54-57-60-63-66-72(75)78-69-70(68-77-71(74)65-62-59-56-53-50-47-44-41-30-27-24-21-18-15-12-9-6-3)79-73(76)67-64-61-58-55-52-49-46-43-39-32-29-26-23-20-17-14-11-8-5-2/h7,9-10,12,16-21,25-30,33-34,70H,4-6,8,11,13-15,22-24,31-32,35-69H2,1-3H3/b10-7-,12-9-,19-16-,20-17-,21-18-,28-25-,29-26-,30-27-,34-33-. The molecule has 0 fully saturated rings. The van der Waals surface area contributed by atoms with Crippen molar-refractivity contribution in [2.75, 3.05) is 13.2 Å². The number of hydrogen-bond acceptors (Lipinski definition) is 6. The topological polar surface area (TPSA) is 78.9 Å². The normalized spacial score (nSPS) is 12.8. The van der Waals surface area contributed by atoms with Crippen molar-refractivity contribution in [3.63, 3.8) is 0 Å².